The third-order valence-electron chi connectivity index (χ3n) is 4.10. The van der Waals surface area contributed by atoms with Crippen molar-refractivity contribution >= 4 is 0 Å². The Labute approximate surface area is 113 Å². The van der Waals surface area contributed by atoms with Crippen molar-refractivity contribution in [1.29, 1.82) is 0 Å². The molecule has 2 aromatic rings. The first-order valence-electron chi connectivity index (χ1n) is 6.69. The average Bonchev–Trinajstić information content (AvgIpc) is 2.95. The Morgan fingerprint density at radius 1 is 1.42 bits per heavy atom. The van der Waals surface area contributed by atoms with Crippen LogP contribution in [-0.2, 0) is 20.1 Å². The monoisotopic (exact) mass is 256 g/mol. The van der Waals surface area contributed by atoms with E-state index in [9.17, 15) is 0 Å². The van der Waals surface area contributed by atoms with E-state index < -0.39 is 0 Å². The smallest absolute Gasteiger partial charge is 0.122 e. The molecule has 1 aromatic carbocycles. The number of benzene rings is 1. The van der Waals surface area contributed by atoms with Crippen molar-refractivity contribution < 1.29 is 0 Å². The Morgan fingerprint density at radius 2 is 2.26 bits per heavy atom. The van der Waals surface area contributed by atoms with Crippen LogP contribution in [0.25, 0.3) is 0 Å². The summed E-state index contributed by atoms with van der Waals surface area (Å²) in [5, 5.41) is 0. The van der Waals surface area contributed by atoms with E-state index >= 15 is 0 Å². The fraction of sp³-hybridized carbons (Fsp3) is 0.400. The number of fused-ring (bicyclic) bond motifs is 1. The molecule has 3 rings (SSSR count). The summed E-state index contributed by atoms with van der Waals surface area (Å²) in [6, 6.07) is 6.82. The highest BCUT2D eigenvalue weighted by molar-refractivity contribution is 5.40. The summed E-state index contributed by atoms with van der Waals surface area (Å²) >= 11 is 0. The Kier molecular flexibility index (Phi) is 3.12. The van der Waals surface area contributed by atoms with Gasteiger partial charge < -0.3 is 10.3 Å². The van der Waals surface area contributed by atoms with Crippen molar-refractivity contribution in [1.82, 2.24) is 14.5 Å². The first-order chi connectivity index (χ1) is 9.20. The molecule has 4 nitrogen and oxygen atoms in total. The lowest BCUT2D eigenvalue weighted by Crippen LogP contribution is -2.28. The van der Waals surface area contributed by atoms with Gasteiger partial charge in [0.2, 0.25) is 0 Å². The van der Waals surface area contributed by atoms with Gasteiger partial charge in [0.1, 0.15) is 5.82 Å². The molecule has 0 saturated carbocycles. The van der Waals surface area contributed by atoms with Crippen LogP contribution in [0.2, 0.25) is 0 Å². The molecule has 1 atom stereocenters. The molecule has 2 N–H and O–H groups in total. The maximum atomic E-state index is 5.99. The largest absolute Gasteiger partial charge is 0.337 e. The van der Waals surface area contributed by atoms with Gasteiger partial charge in [0.15, 0.2) is 0 Å². The zero-order valence-corrected chi connectivity index (χ0v) is 11.5. The highest BCUT2D eigenvalue weighted by Gasteiger charge is 2.30. The molecule has 0 spiro atoms. The van der Waals surface area contributed by atoms with Gasteiger partial charge in [0.05, 0.1) is 6.54 Å². The van der Waals surface area contributed by atoms with E-state index in [4.69, 9.17) is 5.73 Å². The standard InChI is InChI=1S/C15H20N4/c1-11-4-3-5-12-13(11)9-19(14(12)8-16)10-15-17-6-7-18(15)2/h3-7,14H,8-10,16H2,1-2H3. The molecule has 0 fully saturated rings. The van der Waals surface area contributed by atoms with Crippen LogP contribution >= 0.6 is 0 Å². The SMILES string of the molecule is Cc1cccc2c1CN(Cc1nccn1C)C2CN. The quantitative estimate of drug-likeness (QED) is 0.910. The van der Waals surface area contributed by atoms with E-state index in [1.54, 1.807) is 0 Å². The molecule has 1 aromatic heterocycles. The molecule has 4 heteroatoms. The fourth-order valence-corrected chi connectivity index (χ4v) is 2.94. The molecule has 19 heavy (non-hydrogen) atoms. The lowest BCUT2D eigenvalue weighted by molar-refractivity contribution is 0.203. The van der Waals surface area contributed by atoms with Crippen molar-refractivity contribution in [3.63, 3.8) is 0 Å². The van der Waals surface area contributed by atoms with Crippen LogP contribution in [0.5, 0.6) is 0 Å². The van der Waals surface area contributed by atoms with E-state index in [0.29, 0.717) is 12.6 Å². The van der Waals surface area contributed by atoms with Crippen molar-refractivity contribution in [3.8, 4) is 0 Å². The van der Waals surface area contributed by atoms with Gasteiger partial charge in [-0.2, -0.15) is 0 Å². The molecule has 0 saturated heterocycles. The number of aromatic nitrogens is 2. The third-order valence-corrected chi connectivity index (χ3v) is 4.10. The first kappa shape index (κ1) is 12.4. The van der Waals surface area contributed by atoms with Gasteiger partial charge in [-0.05, 0) is 23.6 Å². The highest BCUT2D eigenvalue weighted by Crippen LogP contribution is 2.35. The van der Waals surface area contributed by atoms with Crippen LogP contribution in [0.15, 0.2) is 30.6 Å². The summed E-state index contributed by atoms with van der Waals surface area (Å²) < 4.78 is 2.07. The average molecular weight is 256 g/mol. The Morgan fingerprint density at radius 3 is 2.95 bits per heavy atom. The molecule has 0 radical (unpaired) electrons. The third kappa shape index (κ3) is 2.07. The normalized spacial score (nSPS) is 18.8. The Balaban J connectivity index is 1.89. The number of hydrogen-bond acceptors (Lipinski definition) is 3. The summed E-state index contributed by atoms with van der Waals surface area (Å²) in [6.45, 7) is 4.65. The van der Waals surface area contributed by atoms with Gasteiger partial charge in [-0.1, -0.05) is 18.2 Å². The van der Waals surface area contributed by atoms with Crippen molar-refractivity contribution in [3.05, 3.63) is 53.1 Å². The van der Waals surface area contributed by atoms with Crippen LogP contribution < -0.4 is 5.73 Å². The zero-order valence-electron chi connectivity index (χ0n) is 11.5. The predicted octanol–water partition coefficient (Wildman–Crippen LogP) is 1.74. The molecule has 1 unspecified atom stereocenters. The fourth-order valence-electron chi connectivity index (χ4n) is 2.94. The number of nitrogens with two attached hydrogens (primary N) is 1. The van der Waals surface area contributed by atoms with Crippen LogP contribution in [-0.4, -0.2) is 21.0 Å². The zero-order chi connectivity index (χ0) is 13.4. The van der Waals surface area contributed by atoms with Crippen molar-refractivity contribution in [2.24, 2.45) is 12.8 Å². The van der Waals surface area contributed by atoms with E-state index in [-0.39, 0.29) is 0 Å². The second kappa shape index (κ2) is 4.79. The van der Waals surface area contributed by atoms with Gasteiger partial charge in [-0.15, -0.1) is 0 Å². The molecule has 0 bridgehead atoms. The van der Waals surface area contributed by atoms with Gasteiger partial charge in [0.25, 0.3) is 0 Å². The highest BCUT2D eigenvalue weighted by atomic mass is 15.2. The lowest BCUT2D eigenvalue weighted by Gasteiger charge is -2.23. The molecule has 0 aliphatic carbocycles. The van der Waals surface area contributed by atoms with E-state index in [1.165, 1.54) is 16.7 Å². The number of rotatable bonds is 3. The summed E-state index contributed by atoms with van der Waals surface area (Å²) in [7, 11) is 2.04. The van der Waals surface area contributed by atoms with Gasteiger partial charge >= 0.3 is 0 Å². The molecule has 2 heterocycles. The minimum atomic E-state index is 0.312. The van der Waals surface area contributed by atoms with E-state index in [2.05, 4.69) is 39.6 Å². The van der Waals surface area contributed by atoms with Crippen LogP contribution in [0.1, 0.15) is 28.6 Å². The molecule has 0 amide bonds. The number of nitrogens with zero attached hydrogens (tertiary/aromatic N) is 3. The van der Waals surface area contributed by atoms with Crippen molar-refractivity contribution in [2.45, 2.75) is 26.1 Å². The number of imidazole rings is 1. The molecular weight excluding hydrogens is 236 g/mol. The van der Waals surface area contributed by atoms with Gasteiger partial charge in [-0.25, -0.2) is 4.98 Å². The van der Waals surface area contributed by atoms with Gasteiger partial charge in [-0.3, -0.25) is 4.90 Å². The van der Waals surface area contributed by atoms with Crippen LogP contribution in [0.3, 0.4) is 0 Å². The first-order valence-corrected chi connectivity index (χ1v) is 6.69. The van der Waals surface area contributed by atoms with Crippen molar-refractivity contribution in [2.75, 3.05) is 6.54 Å². The van der Waals surface area contributed by atoms with E-state index in [0.717, 1.165) is 18.9 Å². The minimum absolute atomic E-state index is 0.312. The number of aryl methyl sites for hydroxylation is 2. The maximum Gasteiger partial charge on any atom is 0.122 e. The summed E-state index contributed by atoms with van der Waals surface area (Å²) in [5.41, 5.74) is 10.2. The summed E-state index contributed by atoms with van der Waals surface area (Å²) in [6.07, 6.45) is 3.84. The Hall–Kier alpha value is -1.65. The number of hydrogen-bond donors (Lipinski definition) is 1. The molecule has 100 valence electrons. The second-order valence-corrected chi connectivity index (χ2v) is 5.25. The maximum absolute atomic E-state index is 5.99. The summed E-state index contributed by atoms with van der Waals surface area (Å²) in [4.78, 5) is 6.83. The van der Waals surface area contributed by atoms with E-state index in [1.807, 2.05) is 19.4 Å². The lowest BCUT2D eigenvalue weighted by atomic mass is 10.0. The van der Waals surface area contributed by atoms with Gasteiger partial charge in [0, 0.05) is 38.6 Å². The predicted molar refractivity (Wildman–Crippen MR) is 75.4 cm³/mol. The minimum Gasteiger partial charge on any atom is -0.337 e. The molecular formula is C15H20N4. The topological polar surface area (TPSA) is 47.1 Å². The summed E-state index contributed by atoms with van der Waals surface area (Å²) in [5.74, 6) is 1.09. The molecule has 1 aliphatic heterocycles. The van der Waals surface area contributed by atoms with Crippen LogP contribution in [0.4, 0.5) is 0 Å². The van der Waals surface area contributed by atoms with Crippen LogP contribution in [0, 0.1) is 6.92 Å². The second-order valence-electron chi connectivity index (χ2n) is 5.25. The Bertz CT molecular complexity index is 586. The molecule has 1 aliphatic rings.